The van der Waals surface area contributed by atoms with Gasteiger partial charge >= 0.3 is 5.97 Å². The van der Waals surface area contributed by atoms with Crippen molar-refractivity contribution in [2.75, 3.05) is 0 Å². The van der Waals surface area contributed by atoms with E-state index in [1.54, 1.807) is 31.2 Å². The van der Waals surface area contributed by atoms with Crippen molar-refractivity contribution in [3.63, 3.8) is 0 Å². The van der Waals surface area contributed by atoms with Gasteiger partial charge in [0, 0.05) is 6.04 Å². The van der Waals surface area contributed by atoms with Gasteiger partial charge in [-0.2, -0.15) is 0 Å². The van der Waals surface area contributed by atoms with Crippen molar-refractivity contribution in [1.29, 1.82) is 0 Å². The minimum absolute atomic E-state index is 0.224. The second kappa shape index (κ2) is 7.53. The zero-order valence-corrected chi connectivity index (χ0v) is 13.1. The molecule has 1 aromatic carbocycles. The van der Waals surface area contributed by atoms with Gasteiger partial charge in [0.15, 0.2) is 0 Å². The molecule has 0 spiro atoms. The molecule has 0 bridgehead atoms. The first-order valence-corrected chi connectivity index (χ1v) is 8.28. The summed E-state index contributed by atoms with van der Waals surface area (Å²) < 4.78 is 26.8. The highest BCUT2D eigenvalue weighted by atomic mass is 32.2. The van der Waals surface area contributed by atoms with Gasteiger partial charge in [0.1, 0.15) is 6.04 Å². The Morgan fingerprint density at radius 1 is 1.29 bits per heavy atom. The summed E-state index contributed by atoms with van der Waals surface area (Å²) in [6.45, 7) is 3.64. The maximum absolute atomic E-state index is 12.1. The van der Waals surface area contributed by atoms with Crippen LogP contribution < -0.4 is 10.5 Å². The third-order valence-corrected chi connectivity index (χ3v) is 4.76. The second-order valence-corrected chi connectivity index (χ2v) is 6.93. The monoisotopic (exact) mass is 314 g/mol. The lowest BCUT2D eigenvalue weighted by Crippen LogP contribution is -2.34. The van der Waals surface area contributed by atoms with Crippen LogP contribution in [0.2, 0.25) is 0 Å². The number of aryl methyl sites for hydroxylation is 1. The van der Waals surface area contributed by atoms with Gasteiger partial charge in [0.25, 0.3) is 0 Å². The Labute approximate surface area is 125 Å². The first-order valence-electron chi connectivity index (χ1n) is 6.80. The molecule has 7 heteroatoms. The van der Waals surface area contributed by atoms with E-state index in [0.717, 1.165) is 5.56 Å². The average Bonchev–Trinajstić information content (AvgIpc) is 2.38. The van der Waals surface area contributed by atoms with Gasteiger partial charge in [-0.1, -0.05) is 17.7 Å². The van der Waals surface area contributed by atoms with E-state index in [4.69, 9.17) is 10.8 Å². The van der Waals surface area contributed by atoms with Crippen LogP contribution >= 0.6 is 0 Å². The van der Waals surface area contributed by atoms with E-state index >= 15 is 0 Å². The minimum atomic E-state index is -3.54. The molecule has 0 aliphatic carbocycles. The fraction of sp³-hybridized carbons (Fsp3) is 0.500. The summed E-state index contributed by atoms with van der Waals surface area (Å²) in [4.78, 5) is 10.8. The van der Waals surface area contributed by atoms with Crippen molar-refractivity contribution >= 4 is 16.0 Å². The molecule has 118 valence electrons. The van der Waals surface area contributed by atoms with Crippen molar-refractivity contribution in [3.8, 4) is 0 Å². The van der Waals surface area contributed by atoms with Crippen molar-refractivity contribution in [2.45, 2.75) is 50.1 Å². The summed E-state index contributed by atoms with van der Waals surface area (Å²) in [5.41, 5.74) is 6.39. The Morgan fingerprint density at radius 2 is 1.86 bits per heavy atom. The molecule has 0 heterocycles. The molecular formula is C14H22N2O4S. The maximum Gasteiger partial charge on any atom is 0.320 e. The Balaban J connectivity index is 2.51. The number of rotatable bonds is 8. The molecule has 2 atom stereocenters. The van der Waals surface area contributed by atoms with Crippen LogP contribution in [0.3, 0.4) is 0 Å². The number of sulfonamides is 1. The van der Waals surface area contributed by atoms with Gasteiger partial charge in [-0.15, -0.1) is 0 Å². The molecule has 0 fully saturated rings. The number of nitrogens with two attached hydrogens (primary N) is 1. The molecular weight excluding hydrogens is 292 g/mol. The van der Waals surface area contributed by atoms with Gasteiger partial charge < -0.3 is 10.8 Å². The Morgan fingerprint density at radius 3 is 2.38 bits per heavy atom. The normalized spacial score (nSPS) is 14.6. The van der Waals surface area contributed by atoms with Gasteiger partial charge in [0.05, 0.1) is 4.90 Å². The number of hydrogen-bond donors (Lipinski definition) is 3. The fourth-order valence-electron chi connectivity index (χ4n) is 1.88. The molecule has 2 unspecified atom stereocenters. The first-order chi connectivity index (χ1) is 9.72. The predicted octanol–water partition coefficient (Wildman–Crippen LogP) is 1.24. The van der Waals surface area contributed by atoms with Crippen LogP contribution in [-0.2, 0) is 14.8 Å². The topological polar surface area (TPSA) is 109 Å². The molecule has 0 saturated carbocycles. The number of hydrogen-bond acceptors (Lipinski definition) is 4. The lowest BCUT2D eigenvalue weighted by molar-refractivity contribution is -0.138. The van der Waals surface area contributed by atoms with Gasteiger partial charge in [0.2, 0.25) is 10.0 Å². The van der Waals surface area contributed by atoms with Crippen LogP contribution in [-0.4, -0.2) is 31.6 Å². The molecule has 0 aliphatic rings. The molecule has 0 aliphatic heterocycles. The van der Waals surface area contributed by atoms with E-state index in [1.165, 1.54) is 0 Å². The first kappa shape index (κ1) is 17.6. The number of carbonyl (C=O) groups is 1. The van der Waals surface area contributed by atoms with E-state index in [9.17, 15) is 13.2 Å². The van der Waals surface area contributed by atoms with Crippen LogP contribution in [0.1, 0.15) is 31.7 Å². The van der Waals surface area contributed by atoms with E-state index in [-0.39, 0.29) is 10.9 Å². The molecule has 0 radical (unpaired) electrons. The molecule has 0 saturated heterocycles. The van der Waals surface area contributed by atoms with Gasteiger partial charge in [-0.25, -0.2) is 13.1 Å². The molecule has 0 amide bonds. The standard InChI is InChI=1S/C14H22N2O4S/c1-10-6-8-12(9-7-10)21(19,20)16-11(2)4-3-5-13(15)14(17)18/h6-9,11,13,16H,3-5,15H2,1-2H3,(H,17,18). The highest BCUT2D eigenvalue weighted by molar-refractivity contribution is 7.89. The third kappa shape index (κ3) is 5.82. The molecule has 1 rings (SSSR count). The summed E-state index contributed by atoms with van der Waals surface area (Å²) in [6.07, 6.45) is 1.41. The van der Waals surface area contributed by atoms with Crippen molar-refractivity contribution in [3.05, 3.63) is 29.8 Å². The highest BCUT2D eigenvalue weighted by Gasteiger charge is 2.18. The zero-order valence-electron chi connectivity index (χ0n) is 12.2. The van der Waals surface area contributed by atoms with Crippen LogP contribution in [0.5, 0.6) is 0 Å². The molecule has 1 aromatic rings. The number of carboxylic acid groups (broad SMARTS) is 1. The van der Waals surface area contributed by atoms with Crippen molar-refractivity contribution in [1.82, 2.24) is 4.72 Å². The van der Waals surface area contributed by atoms with Crippen LogP contribution in [0, 0.1) is 6.92 Å². The zero-order chi connectivity index (χ0) is 16.0. The van der Waals surface area contributed by atoms with Gasteiger partial charge in [-0.3, -0.25) is 4.79 Å². The predicted molar refractivity (Wildman–Crippen MR) is 80.4 cm³/mol. The smallest absolute Gasteiger partial charge is 0.320 e. The number of aliphatic carboxylic acids is 1. The van der Waals surface area contributed by atoms with E-state index < -0.39 is 22.0 Å². The summed E-state index contributed by atoms with van der Waals surface area (Å²) >= 11 is 0. The highest BCUT2D eigenvalue weighted by Crippen LogP contribution is 2.12. The molecule has 0 aromatic heterocycles. The quantitative estimate of drug-likeness (QED) is 0.669. The second-order valence-electron chi connectivity index (χ2n) is 5.21. The number of carboxylic acids is 1. The summed E-state index contributed by atoms with van der Waals surface area (Å²) in [7, 11) is -3.54. The van der Waals surface area contributed by atoms with Crippen LogP contribution in [0.25, 0.3) is 0 Å². The lowest BCUT2D eigenvalue weighted by atomic mass is 10.1. The van der Waals surface area contributed by atoms with Crippen LogP contribution in [0.4, 0.5) is 0 Å². The minimum Gasteiger partial charge on any atom is -0.480 e. The summed E-state index contributed by atoms with van der Waals surface area (Å²) in [5.74, 6) is -1.04. The summed E-state index contributed by atoms with van der Waals surface area (Å²) in [6, 6.07) is 5.43. The SMILES string of the molecule is Cc1ccc(S(=O)(=O)NC(C)CCCC(N)C(=O)O)cc1. The number of benzene rings is 1. The Kier molecular flexibility index (Phi) is 6.32. The molecule has 6 nitrogen and oxygen atoms in total. The Hall–Kier alpha value is -1.44. The van der Waals surface area contributed by atoms with Crippen molar-refractivity contribution in [2.24, 2.45) is 5.73 Å². The number of nitrogens with one attached hydrogen (secondary N) is 1. The maximum atomic E-state index is 12.1. The fourth-order valence-corrected chi connectivity index (χ4v) is 3.15. The molecule has 21 heavy (non-hydrogen) atoms. The Bertz CT molecular complexity index is 569. The van der Waals surface area contributed by atoms with Crippen LogP contribution in [0.15, 0.2) is 29.2 Å². The van der Waals surface area contributed by atoms with E-state index in [2.05, 4.69) is 4.72 Å². The summed E-state index contributed by atoms with van der Waals surface area (Å²) in [5, 5.41) is 8.67. The average molecular weight is 314 g/mol. The van der Waals surface area contributed by atoms with E-state index in [0.29, 0.717) is 19.3 Å². The van der Waals surface area contributed by atoms with Gasteiger partial charge in [-0.05, 0) is 45.2 Å². The third-order valence-electron chi connectivity index (χ3n) is 3.16. The van der Waals surface area contributed by atoms with E-state index in [1.807, 2.05) is 6.92 Å². The largest absolute Gasteiger partial charge is 0.480 e. The van der Waals surface area contributed by atoms with Crippen molar-refractivity contribution < 1.29 is 18.3 Å². The lowest BCUT2D eigenvalue weighted by Gasteiger charge is -2.15. The molecule has 4 N–H and O–H groups in total.